The quantitative estimate of drug-likeness (QED) is 0.410. The molecule has 0 saturated heterocycles. The lowest BCUT2D eigenvalue weighted by molar-refractivity contribution is 0.406. The fourth-order valence-electron chi connectivity index (χ4n) is 2.71. The van der Waals surface area contributed by atoms with Crippen LogP contribution in [0.5, 0.6) is 0 Å². The maximum absolute atomic E-state index is 13.0. The summed E-state index contributed by atoms with van der Waals surface area (Å²) < 4.78 is 2.71. The Kier molecular flexibility index (Phi) is 8.10. The standard InChI is InChI=1S/C19H29ClN6O2/c1-5-11-26-18(27)16(21-13-14-6-8-15(20)9-7-14)17(25(4)19(26)28)23-22-10-12-24(2)3/h6-9,21-23H,5,10-13H2,1-4H3. The van der Waals surface area contributed by atoms with Crippen molar-refractivity contribution < 1.29 is 0 Å². The minimum Gasteiger partial charge on any atom is -0.373 e. The smallest absolute Gasteiger partial charge is 0.332 e. The van der Waals surface area contributed by atoms with Crippen LogP contribution in [0.15, 0.2) is 33.9 Å². The molecular formula is C19H29ClN6O2. The third-order valence-corrected chi connectivity index (χ3v) is 4.52. The number of hydrazine groups is 1. The highest BCUT2D eigenvalue weighted by Crippen LogP contribution is 2.16. The zero-order valence-corrected chi connectivity index (χ0v) is 17.6. The van der Waals surface area contributed by atoms with Crippen LogP contribution < -0.4 is 27.4 Å². The van der Waals surface area contributed by atoms with Crippen molar-refractivity contribution >= 4 is 23.1 Å². The van der Waals surface area contributed by atoms with Crippen LogP contribution in [-0.4, -0.2) is 41.2 Å². The van der Waals surface area contributed by atoms with Gasteiger partial charge in [0.25, 0.3) is 5.56 Å². The van der Waals surface area contributed by atoms with Gasteiger partial charge in [-0.2, -0.15) is 0 Å². The Morgan fingerprint density at radius 2 is 1.82 bits per heavy atom. The van der Waals surface area contributed by atoms with Crippen LogP contribution in [0.25, 0.3) is 0 Å². The Bertz CT molecular complexity index is 889. The van der Waals surface area contributed by atoms with E-state index in [1.165, 1.54) is 9.13 Å². The number of hydrogen-bond acceptors (Lipinski definition) is 6. The summed E-state index contributed by atoms with van der Waals surface area (Å²) in [4.78, 5) is 27.6. The van der Waals surface area contributed by atoms with Gasteiger partial charge in [0.1, 0.15) is 5.69 Å². The number of likely N-dealkylation sites (N-methyl/N-ethyl adjacent to an activating group) is 1. The highest BCUT2D eigenvalue weighted by molar-refractivity contribution is 6.30. The summed E-state index contributed by atoms with van der Waals surface area (Å²) in [6.07, 6.45) is 0.694. The van der Waals surface area contributed by atoms with Crippen molar-refractivity contribution in [3.05, 3.63) is 55.7 Å². The van der Waals surface area contributed by atoms with Gasteiger partial charge >= 0.3 is 5.69 Å². The fraction of sp³-hybridized carbons (Fsp3) is 0.474. The average Bonchev–Trinajstić information content (AvgIpc) is 2.66. The first-order valence-corrected chi connectivity index (χ1v) is 9.68. The lowest BCUT2D eigenvalue weighted by Gasteiger charge is -2.20. The third kappa shape index (κ3) is 5.60. The molecule has 0 spiro atoms. The monoisotopic (exact) mass is 408 g/mol. The van der Waals surface area contributed by atoms with Gasteiger partial charge in [0, 0.05) is 38.2 Å². The van der Waals surface area contributed by atoms with Crippen molar-refractivity contribution in [3.8, 4) is 0 Å². The minimum absolute atomic E-state index is 0.337. The van der Waals surface area contributed by atoms with Crippen LogP contribution in [-0.2, 0) is 20.1 Å². The summed E-state index contributed by atoms with van der Waals surface area (Å²) in [7, 11) is 5.60. The van der Waals surface area contributed by atoms with Crippen molar-refractivity contribution in [2.24, 2.45) is 7.05 Å². The van der Waals surface area contributed by atoms with Crippen LogP contribution in [0, 0.1) is 0 Å². The summed E-state index contributed by atoms with van der Waals surface area (Å²) >= 11 is 5.93. The van der Waals surface area contributed by atoms with Crippen LogP contribution in [0.1, 0.15) is 18.9 Å². The lowest BCUT2D eigenvalue weighted by atomic mass is 10.2. The first kappa shape index (κ1) is 22.0. The number of nitrogens with zero attached hydrogens (tertiary/aromatic N) is 3. The summed E-state index contributed by atoms with van der Waals surface area (Å²) in [6.45, 7) is 4.19. The van der Waals surface area contributed by atoms with Gasteiger partial charge in [-0.3, -0.25) is 13.9 Å². The molecule has 28 heavy (non-hydrogen) atoms. The Hall–Kier alpha value is -2.29. The van der Waals surface area contributed by atoms with Gasteiger partial charge < -0.3 is 15.6 Å². The number of hydrogen-bond donors (Lipinski definition) is 3. The Balaban J connectivity index is 2.33. The predicted molar refractivity (Wildman–Crippen MR) is 115 cm³/mol. The lowest BCUT2D eigenvalue weighted by Crippen LogP contribution is -2.43. The van der Waals surface area contributed by atoms with Crippen molar-refractivity contribution in [1.29, 1.82) is 0 Å². The van der Waals surface area contributed by atoms with Gasteiger partial charge in [0.15, 0.2) is 5.82 Å². The zero-order valence-electron chi connectivity index (χ0n) is 16.9. The molecule has 8 nitrogen and oxygen atoms in total. The number of rotatable bonds is 10. The second kappa shape index (κ2) is 10.3. The summed E-state index contributed by atoms with van der Waals surface area (Å²) in [5, 5.41) is 3.84. The van der Waals surface area contributed by atoms with Gasteiger partial charge in [0.05, 0.1) is 0 Å². The summed E-state index contributed by atoms with van der Waals surface area (Å²) in [5.41, 5.74) is 6.74. The van der Waals surface area contributed by atoms with E-state index in [0.29, 0.717) is 42.6 Å². The van der Waals surface area contributed by atoms with E-state index in [4.69, 9.17) is 11.6 Å². The van der Waals surface area contributed by atoms with E-state index in [0.717, 1.165) is 12.1 Å². The normalized spacial score (nSPS) is 11.1. The molecule has 0 amide bonds. The molecule has 1 heterocycles. The number of anilines is 2. The third-order valence-electron chi connectivity index (χ3n) is 4.27. The first-order chi connectivity index (χ1) is 13.3. The average molecular weight is 409 g/mol. The molecular weight excluding hydrogens is 380 g/mol. The second-order valence-electron chi connectivity index (χ2n) is 6.86. The summed E-state index contributed by atoms with van der Waals surface area (Å²) in [6, 6.07) is 7.39. The summed E-state index contributed by atoms with van der Waals surface area (Å²) in [5.74, 6) is 0.412. The maximum atomic E-state index is 13.0. The molecule has 0 aliphatic carbocycles. The van der Waals surface area contributed by atoms with Crippen LogP contribution in [0.3, 0.4) is 0 Å². The molecule has 0 bridgehead atoms. The van der Waals surface area contributed by atoms with E-state index < -0.39 is 0 Å². The van der Waals surface area contributed by atoms with Crippen molar-refractivity contribution in [1.82, 2.24) is 19.5 Å². The molecule has 2 rings (SSSR count). The number of benzene rings is 1. The fourth-order valence-corrected chi connectivity index (χ4v) is 2.84. The molecule has 0 fully saturated rings. The van der Waals surface area contributed by atoms with Gasteiger partial charge in [-0.25, -0.2) is 10.2 Å². The molecule has 0 aliphatic heterocycles. The molecule has 0 saturated carbocycles. The van der Waals surface area contributed by atoms with Crippen molar-refractivity contribution in [2.75, 3.05) is 37.9 Å². The Morgan fingerprint density at radius 1 is 1.14 bits per heavy atom. The largest absolute Gasteiger partial charge is 0.373 e. The minimum atomic E-state index is -0.346. The molecule has 1 aromatic carbocycles. The van der Waals surface area contributed by atoms with E-state index in [2.05, 4.69) is 16.2 Å². The topological polar surface area (TPSA) is 83.3 Å². The highest BCUT2D eigenvalue weighted by Gasteiger charge is 2.17. The van der Waals surface area contributed by atoms with Crippen LogP contribution in [0.2, 0.25) is 5.02 Å². The van der Waals surface area contributed by atoms with Crippen molar-refractivity contribution in [3.63, 3.8) is 0 Å². The molecule has 1 aromatic heterocycles. The van der Waals surface area contributed by atoms with E-state index >= 15 is 0 Å². The molecule has 9 heteroatoms. The SMILES string of the molecule is CCCn1c(=O)c(NCc2ccc(Cl)cc2)c(NNCCN(C)C)n(C)c1=O. The maximum Gasteiger partial charge on any atom is 0.332 e. The second-order valence-corrected chi connectivity index (χ2v) is 7.29. The van der Waals surface area contributed by atoms with E-state index in [1.54, 1.807) is 19.2 Å². The van der Waals surface area contributed by atoms with Gasteiger partial charge in [-0.15, -0.1) is 0 Å². The van der Waals surface area contributed by atoms with E-state index in [-0.39, 0.29) is 11.2 Å². The van der Waals surface area contributed by atoms with Crippen LogP contribution in [0.4, 0.5) is 11.5 Å². The van der Waals surface area contributed by atoms with Gasteiger partial charge in [0.2, 0.25) is 0 Å². The van der Waals surface area contributed by atoms with Gasteiger partial charge in [-0.1, -0.05) is 30.7 Å². The molecule has 0 radical (unpaired) electrons. The highest BCUT2D eigenvalue weighted by atomic mass is 35.5. The first-order valence-electron chi connectivity index (χ1n) is 9.30. The van der Waals surface area contributed by atoms with Crippen LogP contribution >= 0.6 is 11.6 Å². The molecule has 0 aliphatic rings. The number of nitrogens with one attached hydrogen (secondary N) is 3. The molecule has 154 valence electrons. The predicted octanol–water partition coefficient (Wildman–Crippen LogP) is 1.70. The van der Waals surface area contributed by atoms with Gasteiger partial charge in [-0.05, 0) is 38.2 Å². The Labute approximate surface area is 170 Å². The van der Waals surface area contributed by atoms with E-state index in [1.807, 2.05) is 38.1 Å². The molecule has 0 atom stereocenters. The Morgan fingerprint density at radius 3 is 2.43 bits per heavy atom. The zero-order chi connectivity index (χ0) is 20.7. The molecule has 0 unspecified atom stereocenters. The molecule has 2 aromatic rings. The number of halogens is 1. The van der Waals surface area contributed by atoms with E-state index in [9.17, 15) is 9.59 Å². The van der Waals surface area contributed by atoms with Crippen molar-refractivity contribution in [2.45, 2.75) is 26.4 Å². The molecule has 3 N–H and O–H groups in total. The number of aromatic nitrogens is 2.